The average Bonchev–Trinajstić information content (AvgIpc) is 2.57. The van der Waals surface area contributed by atoms with E-state index in [2.05, 4.69) is 9.97 Å². The Morgan fingerprint density at radius 1 is 1.60 bits per heavy atom. The second-order valence-corrected chi connectivity index (χ2v) is 3.51. The number of nitrogens with zero attached hydrogens (tertiary/aromatic N) is 3. The second kappa shape index (κ2) is 3.96. The van der Waals surface area contributed by atoms with Crippen LogP contribution in [0.25, 0.3) is 5.65 Å². The van der Waals surface area contributed by atoms with Gasteiger partial charge in [0.25, 0.3) is 0 Å². The number of fused-ring (bicyclic) bond motifs is 1. The molecule has 15 heavy (non-hydrogen) atoms. The van der Waals surface area contributed by atoms with E-state index in [0.717, 1.165) is 17.0 Å². The van der Waals surface area contributed by atoms with Gasteiger partial charge in [0.2, 0.25) is 0 Å². The summed E-state index contributed by atoms with van der Waals surface area (Å²) in [6.45, 7) is 2.03. The summed E-state index contributed by atoms with van der Waals surface area (Å²) in [4.78, 5) is 8.44. The number of rotatable bonds is 3. The highest BCUT2D eigenvalue weighted by molar-refractivity contribution is 5.42. The lowest BCUT2D eigenvalue weighted by atomic mass is 10.1. The third-order valence-corrected chi connectivity index (χ3v) is 2.50. The van der Waals surface area contributed by atoms with Crippen LogP contribution in [-0.4, -0.2) is 26.1 Å². The van der Waals surface area contributed by atoms with E-state index in [0.29, 0.717) is 6.42 Å². The van der Waals surface area contributed by atoms with Gasteiger partial charge in [-0.15, -0.1) is 0 Å². The van der Waals surface area contributed by atoms with E-state index in [1.165, 1.54) is 0 Å². The van der Waals surface area contributed by atoms with E-state index in [1.807, 2.05) is 17.4 Å². The average molecular weight is 206 g/mol. The van der Waals surface area contributed by atoms with Crippen molar-refractivity contribution < 1.29 is 5.11 Å². The van der Waals surface area contributed by atoms with Crippen molar-refractivity contribution in [1.29, 1.82) is 0 Å². The molecule has 0 saturated heterocycles. The fraction of sp³-hybridized carbons (Fsp3) is 0.400. The molecular formula is C10H14N4O. The number of nitrogens with two attached hydrogens (primary N) is 1. The molecule has 2 heterocycles. The molecule has 2 aromatic heterocycles. The topological polar surface area (TPSA) is 76.4 Å². The van der Waals surface area contributed by atoms with Crippen LogP contribution in [0.2, 0.25) is 0 Å². The maximum absolute atomic E-state index is 8.84. The molecule has 2 rings (SSSR count). The van der Waals surface area contributed by atoms with Crippen molar-refractivity contribution in [3.8, 4) is 0 Å². The Morgan fingerprint density at radius 2 is 2.40 bits per heavy atom. The molecule has 0 fully saturated rings. The lowest BCUT2D eigenvalue weighted by molar-refractivity contribution is 0.275. The van der Waals surface area contributed by atoms with E-state index in [4.69, 9.17) is 10.8 Å². The Kier molecular flexibility index (Phi) is 2.66. The number of imidazole rings is 1. The molecule has 0 spiro atoms. The van der Waals surface area contributed by atoms with E-state index in [9.17, 15) is 0 Å². The molecule has 0 radical (unpaired) electrons. The highest BCUT2D eigenvalue weighted by Crippen LogP contribution is 2.18. The number of aromatic nitrogens is 3. The van der Waals surface area contributed by atoms with Crippen molar-refractivity contribution in [1.82, 2.24) is 14.4 Å². The molecule has 0 amide bonds. The largest absolute Gasteiger partial charge is 0.396 e. The Balaban J connectivity index is 2.48. The van der Waals surface area contributed by atoms with Crippen LogP contribution in [0, 0.1) is 6.92 Å². The summed E-state index contributed by atoms with van der Waals surface area (Å²) in [5.74, 6) is 0. The predicted molar refractivity (Wildman–Crippen MR) is 56.4 cm³/mol. The van der Waals surface area contributed by atoms with Crippen molar-refractivity contribution in [3.63, 3.8) is 0 Å². The van der Waals surface area contributed by atoms with Crippen molar-refractivity contribution in [2.24, 2.45) is 5.73 Å². The van der Waals surface area contributed by atoms with Gasteiger partial charge in [0.1, 0.15) is 12.0 Å². The zero-order valence-electron chi connectivity index (χ0n) is 8.59. The van der Waals surface area contributed by atoms with Crippen LogP contribution in [0.1, 0.15) is 23.9 Å². The first-order chi connectivity index (χ1) is 7.24. The normalized spacial score (nSPS) is 13.3. The van der Waals surface area contributed by atoms with Gasteiger partial charge in [0.05, 0.1) is 11.7 Å². The first kappa shape index (κ1) is 10.1. The van der Waals surface area contributed by atoms with Gasteiger partial charge >= 0.3 is 0 Å². The molecule has 5 nitrogen and oxygen atoms in total. The van der Waals surface area contributed by atoms with Gasteiger partial charge in [0, 0.05) is 18.5 Å². The van der Waals surface area contributed by atoms with Crippen LogP contribution >= 0.6 is 0 Å². The molecule has 0 aromatic carbocycles. The Morgan fingerprint density at radius 3 is 3.07 bits per heavy atom. The molecular weight excluding hydrogens is 192 g/mol. The molecule has 80 valence electrons. The maximum atomic E-state index is 8.84. The zero-order valence-corrected chi connectivity index (χ0v) is 8.59. The first-order valence-electron chi connectivity index (χ1n) is 4.89. The van der Waals surface area contributed by atoms with Gasteiger partial charge < -0.3 is 10.8 Å². The summed E-state index contributed by atoms with van der Waals surface area (Å²) in [5.41, 5.74) is 8.57. The summed E-state index contributed by atoms with van der Waals surface area (Å²) >= 11 is 0. The molecule has 0 aliphatic heterocycles. The van der Waals surface area contributed by atoms with Crippen LogP contribution in [0.5, 0.6) is 0 Å². The second-order valence-electron chi connectivity index (χ2n) is 3.51. The van der Waals surface area contributed by atoms with Gasteiger partial charge in [0.15, 0.2) is 0 Å². The van der Waals surface area contributed by atoms with Gasteiger partial charge in [-0.1, -0.05) is 0 Å². The number of aliphatic hydroxyl groups is 1. The molecule has 3 N–H and O–H groups in total. The van der Waals surface area contributed by atoms with Gasteiger partial charge in [-0.3, -0.25) is 4.40 Å². The van der Waals surface area contributed by atoms with Crippen LogP contribution < -0.4 is 5.73 Å². The fourth-order valence-electron chi connectivity index (χ4n) is 1.66. The molecule has 1 atom stereocenters. The van der Waals surface area contributed by atoms with E-state index < -0.39 is 0 Å². The number of aliphatic hydroxyl groups excluding tert-OH is 1. The summed E-state index contributed by atoms with van der Waals surface area (Å²) in [6, 6.07) is 1.62. The third-order valence-electron chi connectivity index (χ3n) is 2.50. The van der Waals surface area contributed by atoms with Gasteiger partial charge in [-0.2, -0.15) is 0 Å². The minimum absolute atomic E-state index is 0.0761. The monoisotopic (exact) mass is 206 g/mol. The number of hydrogen-bond donors (Lipinski definition) is 2. The Labute approximate surface area is 87.6 Å². The lowest BCUT2D eigenvalue weighted by Crippen LogP contribution is -2.13. The fourth-order valence-corrected chi connectivity index (χ4v) is 1.66. The van der Waals surface area contributed by atoms with Crippen LogP contribution in [0.4, 0.5) is 0 Å². The van der Waals surface area contributed by atoms with E-state index in [1.54, 1.807) is 12.5 Å². The molecule has 0 saturated carbocycles. The molecule has 0 aliphatic rings. The van der Waals surface area contributed by atoms with Crippen LogP contribution in [-0.2, 0) is 0 Å². The molecule has 1 unspecified atom stereocenters. The third kappa shape index (κ3) is 1.71. The highest BCUT2D eigenvalue weighted by atomic mass is 16.3. The summed E-state index contributed by atoms with van der Waals surface area (Å²) in [7, 11) is 0. The Hall–Kier alpha value is -1.46. The summed E-state index contributed by atoms with van der Waals surface area (Å²) in [5, 5.41) is 8.84. The first-order valence-corrected chi connectivity index (χ1v) is 4.89. The molecule has 0 aliphatic carbocycles. The Bertz CT molecular complexity index is 465. The lowest BCUT2D eigenvalue weighted by Gasteiger charge is -2.07. The molecule has 5 heteroatoms. The van der Waals surface area contributed by atoms with E-state index in [-0.39, 0.29) is 12.6 Å². The van der Waals surface area contributed by atoms with Crippen LogP contribution in [0.3, 0.4) is 0 Å². The van der Waals surface area contributed by atoms with Crippen molar-refractivity contribution in [2.75, 3.05) is 6.61 Å². The summed E-state index contributed by atoms with van der Waals surface area (Å²) in [6.07, 6.45) is 3.94. The number of hydrogen-bond acceptors (Lipinski definition) is 4. The van der Waals surface area contributed by atoms with Crippen LogP contribution in [0.15, 0.2) is 18.6 Å². The van der Waals surface area contributed by atoms with Crippen molar-refractivity contribution in [2.45, 2.75) is 19.4 Å². The quantitative estimate of drug-likeness (QED) is 0.763. The SMILES string of the molecule is Cc1c(C(N)CCO)nc2ccncn12. The minimum atomic E-state index is -0.213. The van der Waals surface area contributed by atoms with Gasteiger partial charge in [-0.05, 0) is 19.4 Å². The maximum Gasteiger partial charge on any atom is 0.140 e. The van der Waals surface area contributed by atoms with Gasteiger partial charge in [-0.25, -0.2) is 9.97 Å². The predicted octanol–water partition coefficient (Wildman–Crippen LogP) is 0.420. The van der Waals surface area contributed by atoms with E-state index >= 15 is 0 Å². The smallest absolute Gasteiger partial charge is 0.140 e. The molecule has 0 bridgehead atoms. The van der Waals surface area contributed by atoms with Crippen molar-refractivity contribution >= 4 is 5.65 Å². The minimum Gasteiger partial charge on any atom is -0.396 e. The highest BCUT2D eigenvalue weighted by Gasteiger charge is 2.14. The van der Waals surface area contributed by atoms with Crippen molar-refractivity contribution in [3.05, 3.63) is 30.0 Å². The molecule has 2 aromatic rings. The number of aryl methyl sites for hydroxylation is 1. The summed E-state index contributed by atoms with van der Waals surface area (Å²) < 4.78 is 1.90. The zero-order chi connectivity index (χ0) is 10.8. The standard InChI is InChI=1S/C10H14N4O/c1-7-10(8(11)3-5-15)13-9-2-4-12-6-14(7)9/h2,4,6,8,15H,3,5,11H2,1H3.